The van der Waals surface area contributed by atoms with Crippen molar-refractivity contribution in [2.75, 3.05) is 6.61 Å². The van der Waals surface area contributed by atoms with E-state index in [0.29, 0.717) is 0 Å². The summed E-state index contributed by atoms with van der Waals surface area (Å²) in [6.45, 7) is 12.6. The van der Waals surface area contributed by atoms with Gasteiger partial charge in [0.2, 0.25) is 0 Å². The van der Waals surface area contributed by atoms with Crippen LogP contribution in [0.5, 0.6) is 0 Å². The summed E-state index contributed by atoms with van der Waals surface area (Å²) in [7, 11) is 0. The van der Waals surface area contributed by atoms with Gasteiger partial charge in [-0.1, -0.05) is 19.8 Å². The molecule has 1 heterocycles. The lowest BCUT2D eigenvalue weighted by Gasteiger charge is -2.26. The molecular formula is C17H30N2OS. The molecule has 21 heavy (non-hydrogen) atoms. The molecule has 0 aromatic carbocycles. The average Bonchev–Trinajstić information content (AvgIpc) is 3.02. The van der Waals surface area contributed by atoms with Crippen molar-refractivity contribution < 1.29 is 4.74 Å². The third kappa shape index (κ3) is 4.05. The van der Waals surface area contributed by atoms with Crippen LogP contribution in [0.1, 0.15) is 75.9 Å². The lowest BCUT2D eigenvalue weighted by atomic mass is 10.0. The molecule has 1 saturated carbocycles. The summed E-state index contributed by atoms with van der Waals surface area (Å²) in [6, 6.07) is 0. The predicted molar refractivity (Wildman–Crippen MR) is 89.9 cm³/mol. The first-order valence-corrected chi connectivity index (χ1v) is 9.10. The first kappa shape index (κ1) is 16.9. The van der Waals surface area contributed by atoms with Crippen molar-refractivity contribution in [3.05, 3.63) is 15.6 Å². The molecule has 1 aromatic rings. The Balaban J connectivity index is 2.22. The second-order valence-electron chi connectivity index (χ2n) is 6.98. The van der Waals surface area contributed by atoms with Gasteiger partial charge >= 0.3 is 0 Å². The number of ether oxygens (including phenoxy) is 1. The van der Waals surface area contributed by atoms with E-state index in [9.17, 15) is 0 Å². The lowest BCUT2D eigenvalue weighted by Crippen LogP contribution is -2.35. The third-order valence-electron chi connectivity index (χ3n) is 4.11. The fourth-order valence-corrected chi connectivity index (χ4v) is 4.27. The summed E-state index contributed by atoms with van der Waals surface area (Å²) in [4.78, 5) is 6.34. The highest BCUT2D eigenvalue weighted by molar-refractivity contribution is 7.11. The highest BCUT2D eigenvalue weighted by Gasteiger charge is 2.39. The van der Waals surface area contributed by atoms with Crippen LogP contribution in [0, 0.1) is 0 Å². The van der Waals surface area contributed by atoms with Gasteiger partial charge in [-0.05, 0) is 47.0 Å². The van der Waals surface area contributed by atoms with Gasteiger partial charge in [0.1, 0.15) is 10.6 Å². The van der Waals surface area contributed by atoms with Crippen molar-refractivity contribution in [2.45, 2.75) is 84.4 Å². The highest BCUT2D eigenvalue weighted by atomic mass is 32.1. The molecule has 1 aromatic heterocycles. The van der Waals surface area contributed by atoms with Crippen molar-refractivity contribution in [3.8, 4) is 0 Å². The molecular weight excluding hydrogens is 280 g/mol. The first-order chi connectivity index (χ1) is 9.90. The Kier molecular flexibility index (Phi) is 5.44. The van der Waals surface area contributed by atoms with Gasteiger partial charge in [-0.3, -0.25) is 0 Å². The van der Waals surface area contributed by atoms with Crippen LogP contribution in [0.25, 0.3) is 0 Å². The summed E-state index contributed by atoms with van der Waals surface area (Å²) in [6.07, 6.45) is 5.78. The number of hydrogen-bond donors (Lipinski definition) is 1. The van der Waals surface area contributed by atoms with E-state index in [-0.39, 0.29) is 11.1 Å². The number of rotatable bonds is 6. The molecule has 3 nitrogen and oxygen atoms in total. The zero-order valence-electron chi connectivity index (χ0n) is 14.2. The third-order valence-corrected chi connectivity index (χ3v) is 5.40. The Morgan fingerprint density at radius 1 is 1.24 bits per heavy atom. The zero-order valence-corrected chi connectivity index (χ0v) is 15.0. The maximum absolute atomic E-state index is 6.16. The van der Waals surface area contributed by atoms with Crippen LogP contribution in [0.4, 0.5) is 0 Å². The normalized spacial score (nSPS) is 18.3. The van der Waals surface area contributed by atoms with Crippen LogP contribution in [0.3, 0.4) is 0 Å². The quantitative estimate of drug-likeness (QED) is 0.845. The van der Waals surface area contributed by atoms with Crippen LogP contribution in [0.2, 0.25) is 0 Å². The fraction of sp³-hybridized carbons (Fsp3) is 0.824. The van der Waals surface area contributed by atoms with Crippen LogP contribution >= 0.6 is 11.3 Å². The summed E-state index contributed by atoms with van der Waals surface area (Å²) >= 11 is 1.86. The predicted octanol–water partition coefficient (Wildman–Crippen LogP) is 4.40. The molecule has 1 fully saturated rings. The number of aromatic nitrogens is 1. The highest BCUT2D eigenvalue weighted by Crippen LogP contribution is 2.44. The molecule has 0 amide bonds. The van der Waals surface area contributed by atoms with Crippen LogP contribution in [0.15, 0.2) is 0 Å². The Morgan fingerprint density at radius 3 is 2.43 bits per heavy atom. The van der Waals surface area contributed by atoms with E-state index in [2.05, 4.69) is 39.9 Å². The Labute approximate surface area is 133 Å². The number of aryl methyl sites for hydroxylation is 1. The minimum atomic E-state index is -0.0939. The largest absolute Gasteiger partial charge is 0.368 e. The number of hydrogen-bond acceptors (Lipinski definition) is 4. The van der Waals surface area contributed by atoms with Gasteiger partial charge in [0.05, 0.1) is 5.69 Å². The minimum Gasteiger partial charge on any atom is -0.368 e. The van der Waals surface area contributed by atoms with E-state index < -0.39 is 0 Å². The van der Waals surface area contributed by atoms with E-state index in [1.807, 2.05) is 11.3 Å². The maximum Gasteiger partial charge on any atom is 0.125 e. The second kappa shape index (κ2) is 6.76. The van der Waals surface area contributed by atoms with Crippen molar-refractivity contribution in [3.63, 3.8) is 0 Å². The molecule has 1 N–H and O–H groups in total. The molecule has 0 aliphatic heterocycles. The first-order valence-electron chi connectivity index (χ1n) is 8.28. The fourth-order valence-electron chi connectivity index (χ4n) is 2.98. The van der Waals surface area contributed by atoms with Crippen LogP contribution in [-0.4, -0.2) is 17.1 Å². The Morgan fingerprint density at radius 2 is 1.90 bits per heavy atom. The molecule has 0 atom stereocenters. The van der Waals surface area contributed by atoms with Gasteiger partial charge < -0.3 is 10.1 Å². The summed E-state index contributed by atoms with van der Waals surface area (Å²) in [5, 5.41) is 4.80. The molecule has 1 aliphatic carbocycles. The van der Waals surface area contributed by atoms with Gasteiger partial charge in [-0.2, -0.15) is 0 Å². The molecule has 0 radical (unpaired) electrons. The van der Waals surface area contributed by atoms with Crippen LogP contribution in [-0.2, 0) is 23.3 Å². The molecule has 0 saturated heterocycles. The Bertz CT molecular complexity index is 456. The molecule has 4 heteroatoms. The molecule has 0 spiro atoms. The standard InChI is InChI=1S/C17H30N2OS/c1-6-13-14(12-18-16(3,4)5)21-15(19-13)17(20-7-2)10-8-9-11-17/h18H,6-12H2,1-5H3. The van der Waals surface area contributed by atoms with E-state index >= 15 is 0 Å². The molecule has 1 aliphatic rings. The second-order valence-corrected chi connectivity index (χ2v) is 8.06. The van der Waals surface area contributed by atoms with Crippen molar-refractivity contribution in [2.24, 2.45) is 0 Å². The summed E-state index contributed by atoms with van der Waals surface area (Å²) in [5.41, 5.74) is 1.29. The summed E-state index contributed by atoms with van der Waals surface area (Å²) < 4.78 is 6.16. The number of nitrogens with zero attached hydrogens (tertiary/aromatic N) is 1. The van der Waals surface area contributed by atoms with E-state index in [1.165, 1.54) is 28.4 Å². The van der Waals surface area contributed by atoms with Crippen LogP contribution < -0.4 is 5.32 Å². The van der Waals surface area contributed by atoms with E-state index in [1.54, 1.807) is 0 Å². The minimum absolute atomic E-state index is 0.0939. The van der Waals surface area contributed by atoms with Crippen molar-refractivity contribution in [1.82, 2.24) is 10.3 Å². The zero-order chi connectivity index (χ0) is 15.5. The maximum atomic E-state index is 6.16. The number of thiazole rings is 1. The van der Waals surface area contributed by atoms with E-state index in [0.717, 1.165) is 32.4 Å². The van der Waals surface area contributed by atoms with Gasteiger partial charge in [0.25, 0.3) is 0 Å². The van der Waals surface area contributed by atoms with Gasteiger partial charge in [0.15, 0.2) is 0 Å². The molecule has 0 unspecified atom stereocenters. The monoisotopic (exact) mass is 310 g/mol. The van der Waals surface area contributed by atoms with Gasteiger partial charge in [0, 0.05) is 23.6 Å². The topological polar surface area (TPSA) is 34.1 Å². The number of nitrogens with one attached hydrogen (secondary N) is 1. The molecule has 2 rings (SSSR count). The lowest BCUT2D eigenvalue weighted by molar-refractivity contribution is -0.0392. The van der Waals surface area contributed by atoms with E-state index in [4.69, 9.17) is 9.72 Å². The van der Waals surface area contributed by atoms with Crippen molar-refractivity contribution in [1.29, 1.82) is 0 Å². The smallest absolute Gasteiger partial charge is 0.125 e. The molecule has 120 valence electrons. The Hall–Kier alpha value is -0.450. The van der Waals surface area contributed by atoms with Gasteiger partial charge in [-0.25, -0.2) is 4.98 Å². The van der Waals surface area contributed by atoms with Crippen molar-refractivity contribution >= 4 is 11.3 Å². The summed E-state index contributed by atoms with van der Waals surface area (Å²) in [5.74, 6) is 0. The average molecular weight is 311 g/mol. The molecule has 0 bridgehead atoms. The van der Waals surface area contributed by atoms with Gasteiger partial charge in [-0.15, -0.1) is 11.3 Å². The SMILES string of the molecule is CCOC1(c2nc(CC)c(CNC(C)(C)C)s2)CCCC1.